The number of nitrogens with zero attached hydrogens (tertiary/aromatic N) is 3. The van der Waals surface area contributed by atoms with Gasteiger partial charge in [-0.3, -0.25) is 4.79 Å². The average molecular weight is 280 g/mol. The number of likely N-dealkylation sites (tertiary alicyclic amines) is 1. The molecule has 2 heterocycles. The maximum absolute atomic E-state index is 12.4. The van der Waals surface area contributed by atoms with Crippen LogP contribution in [0, 0.1) is 5.92 Å². The standard InChI is InChI=1S/C13H20N4OS/c18-13(9-19-12-8-14-16-15-12)17-7-3-5-10-4-1-2-6-11(10)17/h8,10-11H,1-7,9H2,(H,14,15,16). The number of fused-ring (bicyclic) bond motifs is 1. The zero-order valence-electron chi connectivity index (χ0n) is 11.0. The van der Waals surface area contributed by atoms with Gasteiger partial charge in [0.1, 0.15) is 5.03 Å². The number of hydrogen-bond acceptors (Lipinski definition) is 4. The van der Waals surface area contributed by atoms with Gasteiger partial charge < -0.3 is 4.90 Å². The minimum atomic E-state index is 0.268. The molecule has 104 valence electrons. The van der Waals surface area contributed by atoms with E-state index in [2.05, 4.69) is 20.3 Å². The van der Waals surface area contributed by atoms with Crippen LogP contribution in [0.5, 0.6) is 0 Å². The van der Waals surface area contributed by atoms with Gasteiger partial charge in [0.25, 0.3) is 0 Å². The van der Waals surface area contributed by atoms with Crippen molar-refractivity contribution in [2.45, 2.75) is 49.6 Å². The number of piperidine rings is 1. The first-order valence-electron chi connectivity index (χ1n) is 7.12. The van der Waals surface area contributed by atoms with Crippen LogP contribution >= 0.6 is 11.8 Å². The predicted molar refractivity (Wildman–Crippen MR) is 73.8 cm³/mol. The second-order valence-corrected chi connectivity index (χ2v) is 6.43. The van der Waals surface area contributed by atoms with Crippen LogP contribution in [0.4, 0.5) is 0 Å². The third-order valence-electron chi connectivity index (χ3n) is 4.30. The lowest BCUT2D eigenvalue weighted by Gasteiger charge is -2.44. The summed E-state index contributed by atoms with van der Waals surface area (Å²) in [5.74, 6) is 1.50. The summed E-state index contributed by atoms with van der Waals surface area (Å²) < 4.78 is 0. The first-order chi connectivity index (χ1) is 9.34. The molecule has 1 aromatic heterocycles. The molecule has 2 fully saturated rings. The van der Waals surface area contributed by atoms with Crippen LogP contribution < -0.4 is 0 Å². The topological polar surface area (TPSA) is 61.9 Å². The Morgan fingerprint density at radius 3 is 3.05 bits per heavy atom. The summed E-state index contributed by atoms with van der Waals surface area (Å²) in [6.07, 6.45) is 9.28. The summed E-state index contributed by atoms with van der Waals surface area (Å²) in [4.78, 5) is 14.5. The second kappa shape index (κ2) is 5.94. The van der Waals surface area contributed by atoms with E-state index in [0.29, 0.717) is 11.8 Å². The molecule has 1 aromatic rings. The number of rotatable bonds is 3. The Kier molecular flexibility index (Phi) is 4.06. The number of thioether (sulfide) groups is 1. The lowest BCUT2D eigenvalue weighted by atomic mass is 9.78. The molecule has 1 saturated heterocycles. The van der Waals surface area contributed by atoms with Crippen LogP contribution in [-0.4, -0.2) is 44.6 Å². The fourth-order valence-corrected chi connectivity index (χ4v) is 4.08. The molecule has 6 heteroatoms. The third kappa shape index (κ3) is 2.94. The van der Waals surface area contributed by atoms with Crippen molar-refractivity contribution in [2.75, 3.05) is 12.3 Å². The van der Waals surface area contributed by atoms with Crippen molar-refractivity contribution < 1.29 is 4.79 Å². The van der Waals surface area contributed by atoms with Gasteiger partial charge >= 0.3 is 0 Å². The number of aromatic amines is 1. The van der Waals surface area contributed by atoms with Crippen molar-refractivity contribution in [1.29, 1.82) is 0 Å². The van der Waals surface area contributed by atoms with Gasteiger partial charge in [-0.15, -0.1) is 5.10 Å². The van der Waals surface area contributed by atoms with Crippen LogP contribution in [0.3, 0.4) is 0 Å². The zero-order valence-corrected chi connectivity index (χ0v) is 11.9. The van der Waals surface area contributed by atoms with Crippen molar-refractivity contribution in [1.82, 2.24) is 20.3 Å². The van der Waals surface area contributed by atoms with Gasteiger partial charge in [-0.05, 0) is 31.6 Å². The van der Waals surface area contributed by atoms with Gasteiger partial charge in [0, 0.05) is 12.6 Å². The lowest BCUT2D eigenvalue weighted by Crippen LogP contribution is -2.50. The summed E-state index contributed by atoms with van der Waals surface area (Å²) in [5, 5.41) is 11.1. The van der Waals surface area contributed by atoms with E-state index in [1.54, 1.807) is 6.20 Å². The maximum Gasteiger partial charge on any atom is 0.233 e. The number of amides is 1. The molecule has 5 nitrogen and oxygen atoms in total. The van der Waals surface area contributed by atoms with Crippen molar-refractivity contribution in [3.05, 3.63) is 6.20 Å². The molecule has 2 aliphatic rings. The highest BCUT2D eigenvalue weighted by Crippen LogP contribution is 2.35. The Hall–Kier alpha value is -1.04. The van der Waals surface area contributed by atoms with E-state index in [1.165, 1.54) is 50.3 Å². The molecule has 2 unspecified atom stereocenters. The second-order valence-electron chi connectivity index (χ2n) is 5.44. The van der Waals surface area contributed by atoms with E-state index in [0.717, 1.165) is 17.5 Å². The molecule has 19 heavy (non-hydrogen) atoms. The number of hydrogen-bond donors (Lipinski definition) is 1. The summed E-state index contributed by atoms with van der Waals surface area (Å²) in [6, 6.07) is 0.507. The molecule has 0 bridgehead atoms. The molecular formula is C13H20N4OS. The van der Waals surface area contributed by atoms with Gasteiger partial charge in [0.2, 0.25) is 5.91 Å². The SMILES string of the molecule is O=C(CSc1cn[nH]n1)N1CCCC2CCCCC21. The predicted octanol–water partition coefficient (Wildman–Crippen LogP) is 2.08. The number of carbonyl (C=O) groups is 1. The lowest BCUT2D eigenvalue weighted by molar-refractivity contribution is -0.134. The van der Waals surface area contributed by atoms with Gasteiger partial charge in [-0.2, -0.15) is 10.3 Å². The van der Waals surface area contributed by atoms with Crippen molar-refractivity contribution in [3.8, 4) is 0 Å². The summed E-state index contributed by atoms with van der Waals surface area (Å²) in [7, 11) is 0. The highest BCUT2D eigenvalue weighted by Gasteiger charge is 2.35. The van der Waals surface area contributed by atoms with Gasteiger partial charge in [0.05, 0.1) is 11.9 Å². The van der Waals surface area contributed by atoms with E-state index in [1.807, 2.05) is 0 Å². The fourth-order valence-electron chi connectivity index (χ4n) is 3.41. The molecule has 0 radical (unpaired) electrons. The largest absolute Gasteiger partial charge is 0.339 e. The van der Waals surface area contributed by atoms with Crippen molar-refractivity contribution in [2.24, 2.45) is 5.92 Å². The van der Waals surface area contributed by atoms with Crippen molar-refractivity contribution in [3.63, 3.8) is 0 Å². The summed E-state index contributed by atoms with van der Waals surface area (Å²) >= 11 is 1.47. The van der Waals surface area contributed by atoms with Crippen LogP contribution in [-0.2, 0) is 4.79 Å². The molecule has 1 saturated carbocycles. The minimum absolute atomic E-state index is 0.268. The highest BCUT2D eigenvalue weighted by atomic mass is 32.2. The Labute approximate surface area is 117 Å². The van der Waals surface area contributed by atoms with Crippen LogP contribution in [0.2, 0.25) is 0 Å². The minimum Gasteiger partial charge on any atom is -0.339 e. The molecule has 0 aromatic carbocycles. The number of carbonyl (C=O) groups excluding carboxylic acids is 1. The van der Waals surface area contributed by atoms with E-state index in [-0.39, 0.29) is 5.91 Å². The quantitative estimate of drug-likeness (QED) is 0.861. The van der Waals surface area contributed by atoms with Crippen LogP contribution in [0.25, 0.3) is 0 Å². The van der Waals surface area contributed by atoms with Gasteiger partial charge in [-0.1, -0.05) is 24.6 Å². The Bertz CT molecular complexity index is 420. The van der Waals surface area contributed by atoms with Gasteiger partial charge in [-0.25, -0.2) is 0 Å². The molecule has 1 N–H and O–H groups in total. The van der Waals surface area contributed by atoms with Crippen LogP contribution in [0.1, 0.15) is 38.5 Å². The fraction of sp³-hybridized carbons (Fsp3) is 0.769. The number of nitrogens with one attached hydrogen (secondary N) is 1. The number of aromatic nitrogens is 3. The smallest absolute Gasteiger partial charge is 0.233 e. The van der Waals surface area contributed by atoms with Gasteiger partial charge in [0.15, 0.2) is 0 Å². The Balaban J connectivity index is 1.58. The van der Waals surface area contributed by atoms with E-state index in [9.17, 15) is 4.79 Å². The Morgan fingerprint density at radius 2 is 2.21 bits per heavy atom. The molecule has 1 amide bonds. The first kappa shape index (κ1) is 13.0. The maximum atomic E-state index is 12.4. The van der Waals surface area contributed by atoms with Crippen LogP contribution in [0.15, 0.2) is 11.2 Å². The molecule has 3 rings (SSSR count). The molecule has 0 spiro atoms. The first-order valence-corrected chi connectivity index (χ1v) is 8.11. The summed E-state index contributed by atoms with van der Waals surface area (Å²) in [6.45, 7) is 0.944. The van der Waals surface area contributed by atoms with E-state index in [4.69, 9.17) is 0 Å². The normalized spacial score (nSPS) is 27.1. The third-order valence-corrected chi connectivity index (χ3v) is 5.18. The monoisotopic (exact) mass is 280 g/mol. The number of H-pyrrole nitrogens is 1. The molecule has 2 atom stereocenters. The Morgan fingerprint density at radius 1 is 1.37 bits per heavy atom. The van der Waals surface area contributed by atoms with E-state index >= 15 is 0 Å². The van der Waals surface area contributed by atoms with Crippen molar-refractivity contribution >= 4 is 17.7 Å². The molecule has 1 aliphatic carbocycles. The molecular weight excluding hydrogens is 260 g/mol. The summed E-state index contributed by atoms with van der Waals surface area (Å²) in [5.41, 5.74) is 0. The zero-order chi connectivity index (χ0) is 13.1. The average Bonchev–Trinajstić information content (AvgIpc) is 2.97. The highest BCUT2D eigenvalue weighted by molar-refractivity contribution is 7.99. The van der Waals surface area contributed by atoms with E-state index < -0.39 is 0 Å². The molecule has 1 aliphatic heterocycles.